The number of hydrogen-bond acceptors (Lipinski definition) is 3. The highest BCUT2D eigenvalue weighted by Crippen LogP contribution is 2.25. The van der Waals surface area contributed by atoms with E-state index in [1.54, 1.807) is 0 Å². The Morgan fingerprint density at radius 1 is 1.29 bits per heavy atom. The van der Waals surface area contributed by atoms with E-state index in [-0.39, 0.29) is 5.54 Å². The van der Waals surface area contributed by atoms with E-state index in [1.807, 2.05) is 6.92 Å². The van der Waals surface area contributed by atoms with Crippen LogP contribution in [-0.4, -0.2) is 24.3 Å². The van der Waals surface area contributed by atoms with Crippen molar-refractivity contribution in [2.75, 3.05) is 6.61 Å². The molecule has 0 aliphatic heterocycles. The molecule has 96 valence electrons. The molecule has 0 radical (unpaired) electrons. The van der Waals surface area contributed by atoms with Crippen LogP contribution >= 0.6 is 0 Å². The molecule has 0 aromatic carbocycles. The molecule has 2 rings (SSSR count). The summed E-state index contributed by atoms with van der Waals surface area (Å²) in [4.78, 5) is 0. The standard InChI is InChI=1S/C14H24N2O/c1-14(11-15,16-12-7-8-12)9-2-3-10-17-13-5-4-6-13/h12-13,16H,2-10H2,1H3. The quantitative estimate of drug-likeness (QED) is 0.659. The first-order chi connectivity index (χ1) is 8.22. The zero-order chi connectivity index (χ0) is 12.1. The van der Waals surface area contributed by atoms with Gasteiger partial charge >= 0.3 is 0 Å². The summed E-state index contributed by atoms with van der Waals surface area (Å²) in [6.45, 7) is 2.90. The van der Waals surface area contributed by atoms with E-state index in [9.17, 15) is 5.26 Å². The van der Waals surface area contributed by atoms with Crippen molar-refractivity contribution >= 4 is 0 Å². The molecule has 2 aliphatic rings. The van der Waals surface area contributed by atoms with Crippen LogP contribution in [0.1, 0.15) is 58.3 Å². The summed E-state index contributed by atoms with van der Waals surface area (Å²) in [5.41, 5.74) is -0.322. The average molecular weight is 236 g/mol. The molecule has 2 aliphatic carbocycles. The van der Waals surface area contributed by atoms with Crippen molar-refractivity contribution < 1.29 is 4.74 Å². The summed E-state index contributed by atoms with van der Waals surface area (Å²) < 4.78 is 5.72. The van der Waals surface area contributed by atoms with E-state index in [0.717, 1.165) is 25.9 Å². The van der Waals surface area contributed by atoms with Gasteiger partial charge in [-0.3, -0.25) is 5.32 Å². The maximum absolute atomic E-state index is 9.21. The molecule has 0 aromatic rings. The first kappa shape index (κ1) is 12.9. The lowest BCUT2D eigenvalue weighted by Gasteiger charge is -2.26. The van der Waals surface area contributed by atoms with Gasteiger partial charge in [0.1, 0.15) is 5.54 Å². The molecule has 0 bridgehead atoms. The molecule has 3 nitrogen and oxygen atoms in total. The van der Waals surface area contributed by atoms with Crippen LogP contribution in [-0.2, 0) is 4.74 Å². The third-order valence-electron chi connectivity index (χ3n) is 3.82. The molecule has 17 heavy (non-hydrogen) atoms. The van der Waals surface area contributed by atoms with Gasteiger partial charge in [0, 0.05) is 12.6 Å². The fraction of sp³-hybridized carbons (Fsp3) is 0.929. The first-order valence-corrected chi connectivity index (χ1v) is 7.02. The van der Waals surface area contributed by atoms with E-state index in [0.29, 0.717) is 12.1 Å². The predicted molar refractivity (Wildman–Crippen MR) is 67.6 cm³/mol. The van der Waals surface area contributed by atoms with Crippen molar-refractivity contribution in [1.82, 2.24) is 5.32 Å². The number of ether oxygens (including phenoxy) is 1. The second-order valence-electron chi connectivity index (χ2n) is 5.74. The van der Waals surface area contributed by atoms with Gasteiger partial charge in [-0.05, 0) is 58.3 Å². The topological polar surface area (TPSA) is 45.0 Å². The highest BCUT2D eigenvalue weighted by molar-refractivity contribution is 5.06. The molecule has 0 aromatic heterocycles. The number of rotatable bonds is 8. The van der Waals surface area contributed by atoms with Crippen LogP contribution in [0.5, 0.6) is 0 Å². The van der Waals surface area contributed by atoms with Gasteiger partial charge in [-0.25, -0.2) is 0 Å². The second-order valence-corrected chi connectivity index (χ2v) is 5.74. The number of hydrogen-bond donors (Lipinski definition) is 1. The van der Waals surface area contributed by atoms with Gasteiger partial charge in [0.15, 0.2) is 0 Å². The van der Waals surface area contributed by atoms with Crippen LogP contribution in [0.15, 0.2) is 0 Å². The molecule has 2 fully saturated rings. The fourth-order valence-corrected chi connectivity index (χ4v) is 2.21. The molecule has 2 saturated carbocycles. The van der Waals surface area contributed by atoms with Gasteiger partial charge in [0.05, 0.1) is 12.2 Å². The summed E-state index contributed by atoms with van der Waals surface area (Å²) in [7, 11) is 0. The molecule has 3 heteroatoms. The Morgan fingerprint density at radius 2 is 2.06 bits per heavy atom. The van der Waals surface area contributed by atoms with Gasteiger partial charge in [0.25, 0.3) is 0 Å². The van der Waals surface area contributed by atoms with Crippen molar-refractivity contribution in [3.8, 4) is 6.07 Å². The van der Waals surface area contributed by atoms with Crippen molar-refractivity contribution in [1.29, 1.82) is 5.26 Å². The Hall–Kier alpha value is -0.590. The van der Waals surface area contributed by atoms with Crippen molar-refractivity contribution in [3.05, 3.63) is 0 Å². The van der Waals surface area contributed by atoms with Crippen molar-refractivity contribution in [3.63, 3.8) is 0 Å². The van der Waals surface area contributed by atoms with Crippen molar-refractivity contribution in [2.24, 2.45) is 0 Å². The van der Waals surface area contributed by atoms with Crippen LogP contribution < -0.4 is 5.32 Å². The maximum Gasteiger partial charge on any atom is 0.104 e. The summed E-state index contributed by atoms with van der Waals surface area (Å²) in [5, 5.41) is 12.6. The minimum Gasteiger partial charge on any atom is -0.378 e. The lowest BCUT2D eigenvalue weighted by atomic mass is 9.95. The smallest absolute Gasteiger partial charge is 0.104 e. The minimum absolute atomic E-state index is 0.322. The van der Waals surface area contributed by atoms with E-state index >= 15 is 0 Å². The molecule has 0 saturated heterocycles. The Kier molecular flexibility index (Phi) is 4.42. The fourth-order valence-electron chi connectivity index (χ4n) is 2.21. The molecule has 0 spiro atoms. The molecular formula is C14H24N2O. The number of nitriles is 1. The van der Waals surface area contributed by atoms with E-state index in [2.05, 4.69) is 11.4 Å². The lowest BCUT2D eigenvalue weighted by molar-refractivity contribution is 0.000330. The SMILES string of the molecule is CC(C#N)(CCCCOC1CCC1)NC1CC1. The molecule has 1 atom stereocenters. The number of nitrogens with one attached hydrogen (secondary N) is 1. The van der Waals surface area contributed by atoms with Crippen LogP contribution in [0.2, 0.25) is 0 Å². The second kappa shape index (κ2) is 5.84. The van der Waals surface area contributed by atoms with Crippen molar-refractivity contribution in [2.45, 2.75) is 76.0 Å². The largest absolute Gasteiger partial charge is 0.378 e. The normalized spacial score (nSPS) is 23.8. The highest BCUT2D eigenvalue weighted by Gasteiger charge is 2.31. The van der Waals surface area contributed by atoms with Gasteiger partial charge < -0.3 is 4.74 Å². The molecular weight excluding hydrogens is 212 g/mol. The molecule has 0 heterocycles. The van der Waals surface area contributed by atoms with Crippen LogP contribution in [0.4, 0.5) is 0 Å². The Balaban J connectivity index is 1.53. The van der Waals surface area contributed by atoms with Crippen LogP contribution in [0.25, 0.3) is 0 Å². The number of nitrogens with zero attached hydrogens (tertiary/aromatic N) is 1. The first-order valence-electron chi connectivity index (χ1n) is 7.02. The van der Waals surface area contributed by atoms with E-state index in [4.69, 9.17) is 4.74 Å². The Bertz CT molecular complexity index is 278. The van der Waals surface area contributed by atoms with Crippen LogP contribution in [0, 0.1) is 11.3 Å². The summed E-state index contributed by atoms with van der Waals surface area (Å²) >= 11 is 0. The van der Waals surface area contributed by atoms with Gasteiger partial charge in [0.2, 0.25) is 0 Å². The lowest BCUT2D eigenvalue weighted by Crippen LogP contribution is -2.42. The third kappa shape index (κ3) is 4.29. The predicted octanol–water partition coefficient (Wildman–Crippen LogP) is 2.76. The zero-order valence-corrected chi connectivity index (χ0v) is 10.9. The number of unbranched alkanes of at least 4 members (excludes halogenated alkanes) is 1. The van der Waals surface area contributed by atoms with E-state index < -0.39 is 0 Å². The molecule has 1 unspecified atom stereocenters. The maximum atomic E-state index is 9.21. The molecule has 0 amide bonds. The van der Waals surface area contributed by atoms with Gasteiger partial charge in [-0.2, -0.15) is 5.26 Å². The monoisotopic (exact) mass is 236 g/mol. The van der Waals surface area contributed by atoms with Gasteiger partial charge in [-0.1, -0.05) is 0 Å². The minimum atomic E-state index is -0.322. The summed E-state index contributed by atoms with van der Waals surface area (Å²) in [6.07, 6.45) is 9.96. The average Bonchev–Trinajstić information content (AvgIpc) is 3.04. The van der Waals surface area contributed by atoms with Gasteiger partial charge in [-0.15, -0.1) is 0 Å². The van der Waals surface area contributed by atoms with E-state index in [1.165, 1.54) is 32.1 Å². The Labute approximate surface area is 105 Å². The Morgan fingerprint density at radius 3 is 2.59 bits per heavy atom. The summed E-state index contributed by atoms with van der Waals surface area (Å²) in [6, 6.07) is 3.02. The summed E-state index contributed by atoms with van der Waals surface area (Å²) in [5.74, 6) is 0. The van der Waals surface area contributed by atoms with Crippen LogP contribution in [0.3, 0.4) is 0 Å². The third-order valence-corrected chi connectivity index (χ3v) is 3.82. The molecule has 1 N–H and O–H groups in total. The highest BCUT2D eigenvalue weighted by atomic mass is 16.5. The zero-order valence-electron chi connectivity index (χ0n) is 10.9.